The van der Waals surface area contributed by atoms with Crippen molar-refractivity contribution in [3.05, 3.63) is 59.9 Å². The number of hydrogen-bond donors (Lipinski definition) is 2. The second kappa shape index (κ2) is 9.02. The first-order valence-corrected chi connectivity index (χ1v) is 9.23. The van der Waals surface area contributed by atoms with Crippen LogP contribution < -0.4 is 15.5 Å². The molecule has 7 nitrogen and oxygen atoms in total. The van der Waals surface area contributed by atoms with Crippen LogP contribution in [0.5, 0.6) is 0 Å². The summed E-state index contributed by atoms with van der Waals surface area (Å²) < 4.78 is 0. The highest BCUT2D eigenvalue weighted by molar-refractivity contribution is 5.93. The molecule has 3 amide bonds. The molecular formula is C20H25N5O2. The van der Waals surface area contributed by atoms with E-state index in [0.717, 1.165) is 24.3 Å². The van der Waals surface area contributed by atoms with Crippen LogP contribution in [0.2, 0.25) is 0 Å². The van der Waals surface area contributed by atoms with Gasteiger partial charge in [0.25, 0.3) is 5.91 Å². The van der Waals surface area contributed by atoms with Crippen LogP contribution in [0.1, 0.15) is 23.0 Å². The minimum atomic E-state index is -0.193. The van der Waals surface area contributed by atoms with E-state index in [0.29, 0.717) is 31.9 Å². The molecule has 0 aliphatic carbocycles. The van der Waals surface area contributed by atoms with Gasteiger partial charge in [0.2, 0.25) is 0 Å². The standard InChI is InChI=1S/C20H25N5O2/c1-2-21-20(27)25-12-10-24(11-13-25)17-8-9-22-18(14-17)19(26)23-15-16-6-4-3-5-7-16/h3-9,14H,2,10-13,15H2,1H3,(H,21,27)(H,23,26). The van der Waals surface area contributed by atoms with Crippen molar-refractivity contribution >= 4 is 17.6 Å². The molecule has 0 saturated carbocycles. The summed E-state index contributed by atoms with van der Waals surface area (Å²) in [6.07, 6.45) is 1.66. The van der Waals surface area contributed by atoms with Crippen LogP contribution in [0.3, 0.4) is 0 Å². The molecule has 2 N–H and O–H groups in total. The predicted molar refractivity (Wildman–Crippen MR) is 105 cm³/mol. The maximum atomic E-state index is 12.4. The summed E-state index contributed by atoms with van der Waals surface area (Å²) in [5.41, 5.74) is 2.39. The van der Waals surface area contributed by atoms with Gasteiger partial charge in [-0.3, -0.25) is 9.78 Å². The molecule has 1 aliphatic rings. The molecule has 0 spiro atoms. The SMILES string of the molecule is CCNC(=O)N1CCN(c2ccnc(C(=O)NCc3ccccc3)c2)CC1. The number of pyridine rings is 1. The van der Waals surface area contributed by atoms with Crippen molar-refractivity contribution in [1.82, 2.24) is 20.5 Å². The number of piperazine rings is 1. The van der Waals surface area contributed by atoms with E-state index in [1.807, 2.05) is 54.3 Å². The Morgan fingerprint density at radius 2 is 1.78 bits per heavy atom. The Kier molecular flexibility index (Phi) is 6.25. The van der Waals surface area contributed by atoms with Crippen LogP contribution in [-0.4, -0.2) is 54.5 Å². The maximum Gasteiger partial charge on any atom is 0.317 e. The number of nitrogens with one attached hydrogen (secondary N) is 2. The van der Waals surface area contributed by atoms with Gasteiger partial charge in [0.05, 0.1) is 0 Å². The molecule has 2 heterocycles. The molecule has 1 aromatic carbocycles. The van der Waals surface area contributed by atoms with Gasteiger partial charge in [-0.15, -0.1) is 0 Å². The van der Waals surface area contributed by atoms with Crippen molar-refractivity contribution in [2.24, 2.45) is 0 Å². The number of hydrogen-bond acceptors (Lipinski definition) is 4. The van der Waals surface area contributed by atoms with Gasteiger partial charge in [-0.05, 0) is 24.6 Å². The number of urea groups is 1. The van der Waals surface area contributed by atoms with Crippen LogP contribution in [0.25, 0.3) is 0 Å². The summed E-state index contributed by atoms with van der Waals surface area (Å²) in [5.74, 6) is -0.193. The normalized spacial score (nSPS) is 14.0. The van der Waals surface area contributed by atoms with Gasteiger partial charge < -0.3 is 20.4 Å². The summed E-state index contributed by atoms with van der Waals surface area (Å²) in [4.78, 5) is 32.5. The minimum absolute atomic E-state index is 0.0205. The van der Waals surface area contributed by atoms with Crippen molar-refractivity contribution in [1.29, 1.82) is 0 Å². The van der Waals surface area contributed by atoms with Crippen molar-refractivity contribution in [3.63, 3.8) is 0 Å². The fourth-order valence-electron chi connectivity index (χ4n) is 3.04. The summed E-state index contributed by atoms with van der Waals surface area (Å²) in [6, 6.07) is 13.5. The van der Waals surface area contributed by atoms with Crippen LogP contribution in [0.15, 0.2) is 48.7 Å². The molecule has 0 atom stereocenters. The van der Waals surface area contributed by atoms with Gasteiger partial charge in [0.1, 0.15) is 5.69 Å². The van der Waals surface area contributed by atoms with E-state index in [-0.39, 0.29) is 11.9 Å². The van der Waals surface area contributed by atoms with Crippen LogP contribution in [-0.2, 0) is 6.54 Å². The van der Waals surface area contributed by atoms with E-state index in [4.69, 9.17) is 0 Å². The lowest BCUT2D eigenvalue weighted by atomic mass is 10.2. The second-order valence-electron chi connectivity index (χ2n) is 6.38. The molecule has 142 valence electrons. The monoisotopic (exact) mass is 367 g/mol. The van der Waals surface area contributed by atoms with Gasteiger partial charge >= 0.3 is 6.03 Å². The molecule has 7 heteroatoms. The van der Waals surface area contributed by atoms with Crippen molar-refractivity contribution in [2.75, 3.05) is 37.6 Å². The van der Waals surface area contributed by atoms with Crippen LogP contribution in [0.4, 0.5) is 10.5 Å². The molecule has 1 fully saturated rings. The zero-order valence-corrected chi connectivity index (χ0v) is 15.5. The number of nitrogens with zero attached hydrogens (tertiary/aromatic N) is 3. The van der Waals surface area contributed by atoms with E-state index in [9.17, 15) is 9.59 Å². The second-order valence-corrected chi connectivity index (χ2v) is 6.38. The van der Waals surface area contributed by atoms with E-state index in [1.54, 1.807) is 6.20 Å². The summed E-state index contributed by atoms with van der Waals surface area (Å²) >= 11 is 0. The van der Waals surface area contributed by atoms with Crippen molar-refractivity contribution < 1.29 is 9.59 Å². The zero-order valence-electron chi connectivity index (χ0n) is 15.5. The molecule has 3 rings (SSSR count). The lowest BCUT2D eigenvalue weighted by Gasteiger charge is -2.36. The molecule has 27 heavy (non-hydrogen) atoms. The number of benzene rings is 1. The lowest BCUT2D eigenvalue weighted by Crippen LogP contribution is -2.51. The zero-order chi connectivity index (χ0) is 19.1. The number of rotatable bonds is 5. The molecular weight excluding hydrogens is 342 g/mol. The summed E-state index contributed by atoms with van der Waals surface area (Å²) in [5, 5.41) is 5.73. The molecule has 1 aliphatic heterocycles. The molecule has 2 aromatic rings. The van der Waals surface area contributed by atoms with Gasteiger partial charge in [-0.25, -0.2) is 4.79 Å². The van der Waals surface area contributed by atoms with E-state index in [1.165, 1.54) is 0 Å². The average Bonchev–Trinajstić information content (AvgIpc) is 2.73. The van der Waals surface area contributed by atoms with Crippen LogP contribution >= 0.6 is 0 Å². The fourth-order valence-corrected chi connectivity index (χ4v) is 3.04. The highest BCUT2D eigenvalue weighted by Crippen LogP contribution is 2.17. The first kappa shape index (κ1) is 18.7. The van der Waals surface area contributed by atoms with Crippen molar-refractivity contribution in [3.8, 4) is 0 Å². The van der Waals surface area contributed by atoms with Gasteiger partial charge in [0.15, 0.2) is 0 Å². The quantitative estimate of drug-likeness (QED) is 0.846. The predicted octanol–water partition coefficient (Wildman–Crippen LogP) is 1.86. The largest absolute Gasteiger partial charge is 0.368 e. The van der Waals surface area contributed by atoms with Gasteiger partial charge in [0, 0.05) is 51.2 Å². The molecule has 1 saturated heterocycles. The highest BCUT2D eigenvalue weighted by Gasteiger charge is 2.21. The Balaban J connectivity index is 1.57. The average molecular weight is 367 g/mol. The number of carbonyl (C=O) groups is 2. The molecule has 0 bridgehead atoms. The Hall–Kier alpha value is -3.09. The van der Waals surface area contributed by atoms with Gasteiger partial charge in [-0.2, -0.15) is 0 Å². The van der Waals surface area contributed by atoms with E-state index < -0.39 is 0 Å². The third kappa shape index (κ3) is 4.97. The molecule has 1 aromatic heterocycles. The number of amides is 3. The third-order valence-electron chi connectivity index (χ3n) is 4.53. The number of carbonyl (C=O) groups excluding carboxylic acids is 2. The Labute approximate surface area is 159 Å². The number of aromatic nitrogens is 1. The van der Waals surface area contributed by atoms with Crippen molar-refractivity contribution in [2.45, 2.75) is 13.5 Å². The maximum absolute atomic E-state index is 12.4. The Morgan fingerprint density at radius 3 is 2.48 bits per heavy atom. The molecule has 0 radical (unpaired) electrons. The fraction of sp³-hybridized carbons (Fsp3) is 0.350. The van der Waals surface area contributed by atoms with Crippen LogP contribution in [0, 0.1) is 0 Å². The Morgan fingerprint density at radius 1 is 1.04 bits per heavy atom. The minimum Gasteiger partial charge on any atom is -0.368 e. The van der Waals surface area contributed by atoms with E-state index >= 15 is 0 Å². The highest BCUT2D eigenvalue weighted by atomic mass is 16.2. The summed E-state index contributed by atoms with van der Waals surface area (Å²) in [7, 11) is 0. The van der Waals surface area contributed by atoms with Gasteiger partial charge in [-0.1, -0.05) is 30.3 Å². The first-order valence-electron chi connectivity index (χ1n) is 9.23. The Bertz CT molecular complexity index is 773. The summed E-state index contributed by atoms with van der Waals surface area (Å²) in [6.45, 7) is 5.78. The first-order chi connectivity index (χ1) is 13.2. The number of anilines is 1. The molecule has 0 unspecified atom stereocenters. The lowest BCUT2D eigenvalue weighted by molar-refractivity contribution is 0.0946. The van der Waals surface area contributed by atoms with E-state index in [2.05, 4.69) is 20.5 Å². The topological polar surface area (TPSA) is 77.6 Å². The smallest absolute Gasteiger partial charge is 0.317 e. The third-order valence-corrected chi connectivity index (χ3v) is 4.53.